The molecule has 6 heteroatoms. The predicted molar refractivity (Wildman–Crippen MR) is 170 cm³/mol. The van der Waals surface area contributed by atoms with Gasteiger partial charge < -0.3 is 19.7 Å². The lowest BCUT2D eigenvalue weighted by atomic mass is 10.1. The van der Waals surface area contributed by atoms with E-state index in [1.165, 1.54) is 81.1 Å². The number of allylic oxidation sites excluding steroid dienone is 1. The minimum Gasteiger partial charge on any atom is -0.493 e. The summed E-state index contributed by atoms with van der Waals surface area (Å²) in [5.41, 5.74) is 2.94. The molecular formula is C34H50N2O3S. The molecule has 0 atom stereocenters. The highest BCUT2D eigenvalue weighted by molar-refractivity contribution is 8.03. The molecule has 40 heavy (non-hydrogen) atoms. The van der Waals surface area contributed by atoms with Crippen molar-refractivity contribution in [3.05, 3.63) is 64.7 Å². The number of carbonyl (C=O) groups excluding carboxylic acids is 1. The zero-order valence-electron chi connectivity index (χ0n) is 25.0. The Kier molecular flexibility index (Phi) is 14.9. The second-order valence-electron chi connectivity index (χ2n) is 10.9. The van der Waals surface area contributed by atoms with Crippen LogP contribution in [0.5, 0.6) is 11.5 Å². The standard InChI is InChI=1S/C34H50N2O3S/c1-4-5-6-7-8-9-10-11-12-13-14-15-22-39-32-21-18-30(23-33(32)38-3)24-34(37)35-31-19-16-29(17-20-31)26-36-25-28(2)40-27-36/h16-21,23,25H,4-15,22,24,26-27H2,1-3H3,(H,35,37). The molecule has 2 aromatic carbocycles. The molecule has 1 amide bonds. The molecule has 0 aromatic heterocycles. The topological polar surface area (TPSA) is 50.8 Å². The van der Waals surface area contributed by atoms with Crippen LogP contribution in [-0.2, 0) is 17.8 Å². The van der Waals surface area contributed by atoms with E-state index in [0.29, 0.717) is 12.4 Å². The van der Waals surface area contributed by atoms with Crippen LogP contribution in [0.3, 0.4) is 0 Å². The van der Waals surface area contributed by atoms with E-state index in [9.17, 15) is 4.79 Å². The molecule has 1 aliphatic heterocycles. The summed E-state index contributed by atoms with van der Waals surface area (Å²) in [6.07, 6.45) is 18.4. The van der Waals surface area contributed by atoms with E-state index in [2.05, 4.69) is 42.4 Å². The van der Waals surface area contributed by atoms with Gasteiger partial charge in [-0.15, -0.1) is 11.8 Å². The number of rotatable bonds is 20. The van der Waals surface area contributed by atoms with E-state index >= 15 is 0 Å². The Labute approximate surface area is 247 Å². The molecule has 0 bridgehead atoms. The van der Waals surface area contributed by atoms with Gasteiger partial charge in [0, 0.05) is 18.4 Å². The normalized spacial score (nSPS) is 12.9. The van der Waals surface area contributed by atoms with E-state index in [-0.39, 0.29) is 12.3 Å². The highest BCUT2D eigenvalue weighted by Crippen LogP contribution is 2.29. The molecule has 0 fully saturated rings. The molecule has 0 radical (unpaired) electrons. The number of nitrogens with one attached hydrogen (secondary N) is 1. The number of hydrogen-bond donors (Lipinski definition) is 1. The average Bonchev–Trinajstić information content (AvgIpc) is 3.37. The molecule has 0 unspecified atom stereocenters. The predicted octanol–water partition coefficient (Wildman–Crippen LogP) is 9.32. The van der Waals surface area contributed by atoms with Gasteiger partial charge in [-0.1, -0.05) is 95.8 Å². The number of hydrogen-bond acceptors (Lipinski definition) is 5. The number of thioether (sulfide) groups is 1. The Balaban J connectivity index is 1.30. The lowest BCUT2D eigenvalue weighted by Gasteiger charge is -2.15. The quantitative estimate of drug-likeness (QED) is 0.162. The summed E-state index contributed by atoms with van der Waals surface area (Å²) in [5.74, 6) is 2.37. The maximum absolute atomic E-state index is 12.7. The molecule has 0 saturated carbocycles. The number of methoxy groups -OCH3 is 1. The lowest BCUT2D eigenvalue weighted by molar-refractivity contribution is -0.115. The molecule has 0 aliphatic carbocycles. The molecular weight excluding hydrogens is 516 g/mol. The number of ether oxygens (including phenoxy) is 2. The van der Waals surface area contributed by atoms with Crippen LogP contribution in [-0.4, -0.2) is 30.4 Å². The van der Waals surface area contributed by atoms with Crippen LogP contribution in [0.4, 0.5) is 5.69 Å². The smallest absolute Gasteiger partial charge is 0.228 e. The van der Waals surface area contributed by atoms with Crippen LogP contribution in [0.1, 0.15) is 102 Å². The summed E-state index contributed by atoms with van der Waals surface area (Å²) in [5, 5.41) is 3.01. The van der Waals surface area contributed by atoms with Crippen LogP contribution in [0.2, 0.25) is 0 Å². The first-order valence-corrected chi connectivity index (χ1v) is 16.3. The van der Waals surface area contributed by atoms with Crippen molar-refractivity contribution in [1.29, 1.82) is 0 Å². The van der Waals surface area contributed by atoms with E-state index in [1.807, 2.05) is 42.1 Å². The van der Waals surface area contributed by atoms with E-state index < -0.39 is 0 Å². The Morgan fingerprint density at radius 2 is 1.48 bits per heavy atom. The van der Waals surface area contributed by atoms with Crippen molar-refractivity contribution in [2.45, 2.75) is 104 Å². The first-order chi connectivity index (χ1) is 19.6. The van der Waals surface area contributed by atoms with Gasteiger partial charge in [0.05, 0.1) is 26.0 Å². The fraction of sp³-hybridized carbons (Fsp3) is 0.559. The highest BCUT2D eigenvalue weighted by atomic mass is 32.2. The Hall–Kier alpha value is -2.60. The molecule has 1 N–H and O–H groups in total. The third kappa shape index (κ3) is 12.3. The molecule has 5 nitrogen and oxygen atoms in total. The molecule has 1 heterocycles. The number of amides is 1. The average molecular weight is 567 g/mol. The zero-order valence-corrected chi connectivity index (χ0v) is 25.8. The van der Waals surface area contributed by atoms with Crippen molar-refractivity contribution in [2.24, 2.45) is 0 Å². The summed E-state index contributed by atoms with van der Waals surface area (Å²) in [6.45, 7) is 5.98. The van der Waals surface area contributed by atoms with Crippen molar-refractivity contribution < 1.29 is 14.3 Å². The van der Waals surface area contributed by atoms with Crippen molar-refractivity contribution in [3.8, 4) is 11.5 Å². The third-order valence-electron chi connectivity index (χ3n) is 7.29. The Morgan fingerprint density at radius 1 is 0.850 bits per heavy atom. The van der Waals surface area contributed by atoms with Gasteiger partial charge in [0.2, 0.25) is 5.91 Å². The Bertz CT molecular complexity index is 1040. The zero-order chi connectivity index (χ0) is 28.4. The SMILES string of the molecule is CCCCCCCCCCCCCCOc1ccc(CC(=O)Nc2ccc(CN3C=C(C)SC3)cc2)cc1OC. The van der Waals surface area contributed by atoms with E-state index in [1.54, 1.807) is 7.11 Å². The molecule has 0 saturated heterocycles. The number of nitrogens with zero attached hydrogens (tertiary/aromatic N) is 1. The van der Waals surface area contributed by atoms with Crippen molar-refractivity contribution in [2.75, 3.05) is 24.9 Å². The molecule has 220 valence electrons. The summed E-state index contributed by atoms with van der Waals surface area (Å²) in [4.78, 5) is 16.3. The minimum absolute atomic E-state index is 0.0468. The van der Waals surface area contributed by atoms with Gasteiger partial charge in [0.25, 0.3) is 0 Å². The maximum atomic E-state index is 12.7. The monoisotopic (exact) mass is 566 g/mol. The van der Waals surface area contributed by atoms with Crippen LogP contribution < -0.4 is 14.8 Å². The van der Waals surface area contributed by atoms with Gasteiger partial charge in [-0.25, -0.2) is 0 Å². The molecule has 0 spiro atoms. The molecule has 1 aliphatic rings. The number of anilines is 1. The lowest BCUT2D eigenvalue weighted by Crippen LogP contribution is -2.15. The number of benzene rings is 2. The van der Waals surface area contributed by atoms with Crippen LogP contribution in [0, 0.1) is 0 Å². The van der Waals surface area contributed by atoms with Crippen molar-refractivity contribution in [3.63, 3.8) is 0 Å². The summed E-state index contributed by atoms with van der Waals surface area (Å²) >= 11 is 1.86. The second kappa shape index (κ2) is 18.7. The fourth-order valence-electron chi connectivity index (χ4n) is 4.99. The van der Waals surface area contributed by atoms with E-state index in [0.717, 1.165) is 35.8 Å². The Morgan fingerprint density at radius 3 is 2.08 bits per heavy atom. The van der Waals surface area contributed by atoms with Gasteiger partial charge in [0.1, 0.15) is 0 Å². The maximum Gasteiger partial charge on any atom is 0.228 e. The van der Waals surface area contributed by atoms with Gasteiger partial charge in [-0.2, -0.15) is 0 Å². The molecule has 3 rings (SSSR count). The number of carbonyl (C=O) groups is 1. The van der Waals surface area contributed by atoms with Crippen LogP contribution in [0.25, 0.3) is 0 Å². The fourth-order valence-corrected chi connectivity index (χ4v) is 5.75. The summed E-state index contributed by atoms with van der Waals surface area (Å²) < 4.78 is 11.6. The van der Waals surface area contributed by atoms with Gasteiger partial charge >= 0.3 is 0 Å². The molecule has 2 aromatic rings. The van der Waals surface area contributed by atoms with Crippen molar-refractivity contribution in [1.82, 2.24) is 4.90 Å². The first-order valence-electron chi connectivity index (χ1n) is 15.3. The third-order valence-corrected chi connectivity index (χ3v) is 8.32. The minimum atomic E-state index is -0.0468. The highest BCUT2D eigenvalue weighted by Gasteiger charge is 2.12. The second-order valence-corrected chi connectivity index (χ2v) is 12.1. The van der Waals surface area contributed by atoms with E-state index in [4.69, 9.17) is 9.47 Å². The summed E-state index contributed by atoms with van der Waals surface area (Å²) in [7, 11) is 1.65. The van der Waals surface area contributed by atoms with Crippen molar-refractivity contribution >= 4 is 23.4 Å². The van der Waals surface area contributed by atoms with Gasteiger partial charge in [-0.3, -0.25) is 4.79 Å². The van der Waals surface area contributed by atoms with Gasteiger partial charge in [0.15, 0.2) is 11.5 Å². The van der Waals surface area contributed by atoms with Crippen LogP contribution >= 0.6 is 11.8 Å². The summed E-state index contributed by atoms with van der Waals surface area (Å²) in [6, 6.07) is 13.9. The number of unbranched alkanes of at least 4 members (excludes halogenated alkanes) is 11. The largest absolute Gasteiger partial charge is 0.493 e. The van der Waals surface area contributed by atoms with Crippen LogP contribution in [0.15, 0.2) is 53.6 Å². The van der Waals surface area contributed by atoms with Gasteiger partial charge in [-0.05, 0) is 53.6 Å². The first kappa shape index (κ1) is 31.9.